The van der Waals surface area contributed by atoms with E-state index in [2.05, 4.69) is 41.5 Å². The molecule has 0 bridgehead atoms. The van der Waals surface area contributed by atoms with Crippen molar-refractivity contribution < 1.29 is 27.3 Å². The Bertz CT molecular complexity index is 564. The van der Waals surface area contributed by atoms with Crippen LogP contribution in [0.3, 0.4) is 0 Å². The number of carbonyl (C=O) groups is 2. The molecule has 1 unspecified atom stereocenters. The zero-order valence-electron chi connectivity index (χ0n) is 23.0. The Balaban J connectivity index is 5.57. The molecule has 0 aliphatic rings. The molecule has 0 aromatic heterocycles. The predicted octanol–water partition coefficient (Wildman–Crippen LogP) is 5.53. The van der Waals surface area contributed by atoms with Gasteiger partial charge in [-0.05, 0) is 68.9 Å². The third-order valence-corrected chi connectivity index (χ3v) is 19.7. The van der Waals surface area contributed by atoms with E-state index in [1.807, 2.05) is 18.5 Å². The molecule has 0 aromatic rings. The van der Waals surface area contributed by atoms with Gasteiger partial charge < -0.3 is 17.7 Å². The highest BCUT2D eigenvalue weighted by atomic mass is 28.4. The molecule has 33 heavy (non-hydrogen) atoms. The van der Waals surface area contributed by atoms with E-state index in [4.69, 9.17) is 17.7 Å². The van der Waals surface area contributed by atoms with Gasteiger partial charge in [-0.15, -0.1) is 0 Å². The van der Waals surface area contributed by atoms with Gasteiger partial charge in [0, 0.05) is 14.2 Å². The van der Waals surface area contributed by atoms with Crippen LogP contribution in [0.4, 0.5) is 0 Å². The predicted molar refractivity (Wildman–Crippen MR) is 143 cm³/mol. The number of hydrogen-bond donors (Lipinski definition) is 0. The zero-order chi connectivity index (χ0) is 25.7. The zero-order valence-corrected chi connectivity index (χ0v) is 26.0. The van der Waals surface area contributed by atoms with E-state index in [-0.39, 0.29) is 18.4 Å². The summed E-state index contributed by atoms with van der Waals surface area (Å²) in [5, 5.41) is 0. The molecule has 0 rings (SSSR count). The van der Waals surface area contributed by atoms with Crippen molar-refractivity contribution in [3.63, 3.8) is 0 Å². The molecule has 0 heterocycles. The topological polar surface area (TPSA) is 74.3 Å². The van der Waals surface area contributed by atoms with Crippen molar-refractivity contribution in [1.82, 2.24) is 4.90 Å². The quantitative estimate of drug-likeness (QED) is 0.220. The number of rotatable bonds is 18. The van der Waals surface area contributed by atoms with Gasteiger partial charge >= 0.3 is 14.5 Å². The second-order valence-corrected chi connectivity index (χ2v) is 22.2. The van der Waals surface area contributed by atoms with Crippen molar-refractivity contribution in [3.05, 3.63) is 0 Å². The molecular weight excluding hydrogens is 471 g/mol. The van der Waals surface area contributed by atoms with Crippen molar-refractivity contribution in [2.45, 2.75) is 109 Å². The molecule has 0 aliphatic carbocycles. The largest absolute Gasteiger partial charge is 0.519 e. The van der Waals surface area contributed by atoms with Crippen molar-refractivity contribution in [2.75, 3.05) is 27.8 Å². The van der Waals surface area contributed by atoms with Gasteiger partial charge in [0.05, 0.1) is 6.42 Å². The van der Waals surface area contributed by atoms with E-state index in [1.165, 1.54) is 0 Å². The van der Waals surface area contributed by atoms with Gasteiger partial charge in [0.1, 0.15) is 6.04 Å². The van der Waals surface area contributed by atoms with E-state index >= 15 is 0 Å². The molecule has 0 N–H and O–H groups in total. The van der Waals surface area contributed by atoms with Crippen LogP contribution in [0.2, 0.25) is 48.9 Å². The van der Waals surface area contributed by atoms with Crippen molar-refractivity contribution in [2.24, 2.45) is 0 Å². The summed E-state index contributed by atoms with van der Waals surface area (Å²) < 4.78 is 23.4. The Kier molecular flexibility index (Phi) is 15.2. The maximum atomic E-state index is 13.4. The average Bonchev–Trinajstić information content (AvgIpc) is 2.84. The van der Waals surface area contributed by atoms with Crippen LogP contribution in [0.25, 0.3) is 0 Å². The molecule has 0 aromatic carbocycles. The summed E-state index contributed by atoms with van der Waals surface area (Å²) in [5.74, 6) is -0.548. The molecule has 0 radical (unpaired) electrons. The van der Waals surface area contributed by atoms with Gasteiger partial charge in [-0.25, -0.2) is 0 Å². The van der Waals surface area contributed by atoms with E-state index < -0.39 is 31.2 Å². The average molecular weight is 522 g/mol. The highest BCUT2D eigenvalue weighted by Gasteiger charge is 2.39. The number of hydrogen-bond acceptors (Lipinski definition) is 7. The third-order valence-electron chi connectivity index (χ3n) is 7.68. The lowest BCUT2D eigenvalue weighted by molar-refractivity contribution is -0.147. The summed E-state index contributed by atoms with van der Waals surface area (Å²) >= 11 is 0. The molecule has 0 fully saturated rings. The molecule has 1 atom stereocenters. The summed E-state index contributed by atoms with van der Waals surface area (Å²) in [5.41, 5.74) is 0. The standard InChI is InChI=1S/C23H51NO6Si3/c1-11-32(12-2,13-3)29-22(25)20-21(23(26)30-33(14-4,15-5)16-6)24(7)18-17-19-31(10,27-8)28-9/h21H,11-20H2,1-10H3. The molecule has 0 saturated heterocycles. The Hall–Kier alpha value is -0.529. The number of carbonyl (C=O) groups excluding carboxylic acids is 2. The van der Waals surface area contributed by atoms with E-state index in [0.717, 1.165) is 48.7 Å². The lowest BCUT2D eigenvalue weighted by Gasteiger charge is -2.34. The molecule has 0 aliphatic heterocycles. The van der Waals surface area contributed by atoms with Gasteiger partial charge in [-0.2, -0.15) is 0 Å². The second kappa shape index (κ2) is 15.5. The maximum absolute atomic E-state index is 13.4. The van der Waals surface area contributed by atoms with Crippen LogP contribution in [0.15, 0.2) is 0 Å². The van der Waals surface area contributed by atoms with Gasteiger partial charge in [0.15, 0.2) is 0 Å². The monoisotopic (exact) mass is 521 g/mol. The van der Waals surface area contributed by atoms with Gasteiger partial charge in [-0.3, -0.25) is 14.5 Å². The lowest BCUT2D eigenvalue weighted by Crippen LogP contribution is -2.49. The molecule has 196 valence electrons. The van der Waals surface area contributed by atoms with E-state index in [9.17, 15) is 9.59 Å². The summed E-state index contributed by atoms with van der Waals surface area (Å²) in [4.78, 5) is 28.4. The first kappa shape index (κ1) is 32.5. The van der Waals surface area contributed by atoms with Crippen molar-refractivity contribution in [3.8, 4) is 0 Å². The molecule has 0 saturated carbocycles. The van der Waals surface area contributed by atoms with Crippen molar-refractivity contribution in [1.29, 1.82) is 0 Å². The minimum Gasteiger partial charge on any atom is -0.519 e. The van der Waals surface area contributed by atoms with Crippen LogP contribution in [0, 0.1) is 0 Å². The van der Waals surface area contributed by atoms with Crippen LogP contribution < -0.4 is 0 Å². The summed E-state index contributed by atoms with van der Waals surface area (Å²) in [6.07, 6.45) is 0.851. The highest BCUT2D eigenvalue weighted by Crippen LogP contribution is 2.26. The van der Waals surface area contributed by atoms with Gasteiger partial charge in [-0.1, -0.05) is 41.5 Å². The molecule has 7 nitrogen and oxygen atoms in total. The number of likely N-dealkylation sites (N-methyl/N-ethyl adjacent to an activating group) is 1. The van der Waals surface area contributed by atoms with Crippen molar-refractivity contribution >= 4 is 37.1 Å². The number of nitrogens with zero attached hydrogens (tertiary/aromatic N) is 1. The summed E-state index contributed by atoms with van der Waals surface area (Å²) in [6, 6.07) is 5.51. The first-order valence-electron chi connectivity index (χ1n) is 12.7. The minimum atomic E-state index is -2.18. The fourth-order valence-electron chi connectivity index (χ4n) is 4.17. The van der Waals surface area contributed by atoms with Crippen LogP contribution in [0.1, 0.15) is 54.4 Å². The Morgan fingerprint density at radius 3 is 1.61 bits per heavy atom. The third kappa shape index (κ3) is 9.93. The maximum Gasteiger partial charge on any atom is 0.334 e. The SMILES string of the molecule is CC[Si](CC)(CC)OC(=O)CC(C(=O)O[Si](CC)(CC)CC)N(C)CCC[Si](C)(OC)OC. The molecule has 0 spiro atoms. The Labute approximate surface area is 206 Å². The Morgan fingerprint density at radius 2 is 1.21 bits per heavy atom. The summed E-state index contributed by atoms with van der Waals surface area (Å²) in [7, 11) is -1.13. The lowest BCUT2D eigenvalue weighted by atomic mass is 10.2. The fraction of sp³-hybridized carbons (Fsp3) is 0.913. The first-order valence-corrected chi connectivity index (χ1v) is 20.3. The van der Waals surface area contributed by atoms with Crippen LogP contribution in [0.5, 0.6) is 0 Å². The van der Waals surface area contributed by atoms with Gasteiger partial charge in [0.25, 0.3) is 22.6 Å². The first-order chi connectivity index (χ1) is 15.5. The normalized spacial score (nSPS) is 13.8. The Morgan fingerprint density at radius 1 is 0.788 bits per heavy atom. The summed E-state index contributed by atoms with van der Waals surface area (Å²) in [6.45, 7) is 15.3. The van der Waals surface area contributed by atoms with E-state index in [1.54, 1.807) is 14.2 Å². The second-order valence-electron chi connectivity index (χ2n) is 9.23. The molecule has 0 amide bonds. The van der Waals surface area contributed by atoms with Crippen LogP contribution >= 0.6 is 0 Å². The minimum absolute atomic E-state index is 0.0367. The molecular formula is C23H51NO6Si3. The molecule has 10 heteroatoms. The van der Waals surface area contributed by atoms with E-state index in [0.29, 0.717) is 6.54 Å². The van der Waals surface area contributed by atoms with Gasteiger partial charge in [0.2, 0.25) is 0 Å². The smallest absolute Gasteiger partial charge is 0.334 e. The van der Waals surface area contributed by atoms with Crippen LogP contribution in [-0.4, -0.2) is 75.9 Å². The highest BCUT2D eigenvalue weighted by molar-refractivity contribution is 6.75. The fourth-order valence-corrected chi connectivity index (χ4v) is 10.5. The van der Waals surface area contributed by atoms with Crippen LogP contribution in [-0.2, 0) is 27.3 Å².